The van der Waals surface area contributed by atoms with Gasteiger partial charge in [0.25, 0.3) is 0 Å². The van der Waals surface area contributed by atoms with Crippen molar-refractivity contribution in [2.45, 2.75) is 50.8 Å². The number of hydrogen-bond acceptors (Lipinski definition) is 0. The standard InChI is InChI=1S/C15H21Br/c1-3-15(16)11(2)9-12-7-8-13-5-4-6-14(13)10-12/h7-8,10-11,15H,3-6,9H2,1-2H3. The summed E-state index contributed by atoms with van der Waals surface area (Å²) in [4.78, 5) is 0.653. The summed E-state index contributed by atoms with van der Waals surface area (Å²) in [5, 5.41) is 0. The highest BCUT2D eigenvalue weighted by Crippen LogP contribution is 2.26. The maximum Gasteiger partial charge on any atom is 0.0172 e. The molecule has 1 aliphatic rings. The molecule has 1 heteroatoms. The van der Waals surface area contributed by atoms with E-state index in [1.807, 2.05) is 0 Å². The molecule has 1 aromatic rings. The lowest BCUT2D eigenvalue weighted by molar-refractivity contribution is 0.545. The fraction of sp³-hybridized carbons (Fsp3) is 0.600. The second-order valence-electron chi connectivity index (χ2n) is 5.06. The minimum Gasteiger partial charge on any atom is -0.0888 e. The van der Waals surface area contributed by atoms with E-state index in [1.54, 1.807) is 11.1 Å². The van der Waals surface area contributed by atoms with Crippen LogP contribution in [0.5, 0.6) is 0 Å². The maximum atomic E-state index is 3.76. The van der Waals surface area contributed by atoms with Crippen molar-refractivity contribution in [1.29, 1.82) is 0 Å². The Morgan fingerprint density at radius 3 is 2.75 bits per heavy atom. The van der Waals surface area contributed by atoms with Gasteiger partial charge in [0.05, 0.1) is 0 Å². The third-order valence-corrected chi connectivity index (χ3v) is 5.28. The molecule has 0 fully saturated rings. The Balaban J connectivity index is 2.05. The fourth-order valence-electron chi connectivity index (χ4n) is 2.65. The molecule has 0 spiro atoms. The topological polar surface area (TPSA) is 0 Å². The van der Waals surface area contributed by atoms with Crippen LogP contribution < -0.4 is 0 Å². The third kappa shape index (κ3) is 2.68. The van der Waals surface area contributed by atoms with Crippen LogP contribution in [0.4, 0.5) is 0 Å². The lowest BCUT2D eigenvalue weighted by Crippen LogP contribution is -2.12. The van der Waals surface area contributed by atoms with Gasteiger partial charge in [0.2, 0.25) is 0 Å². The van der Waals surface area contributed by atoms with Gasteiger partial charge in [-0.1, -0.05) is 48.0 Å². The van der Waals surface area contributed by atoms with Gasteiger partial charge >= 0.3 is 0 Å². The van der Waals surface area contributed by atoms with Gasteiger partial charge < -0.3 is 0 Å². The molecule has 0 radical (unpaired) electrons. The third-order valence-electron chi connectivity index (χ3n) is 3.73. The van der Waals surface area contributed by atoms with Gasteiger partial charge in [0.1, 0.15) is 0 Å². The molecule has 16 heavy (non-hydrogen) atoms. The van der Waals surface area contributed by atoms with Crippen LogP contribution in [-0.4, -0.2) is 4.83 Å². The highest BCUT2D eigenvalue weighted by Gasteiger charge is 2.15. The quantitative estimate of drug-likeness (QED) is 0.711. The summed E-state index contributed by atoms with van der Waals surface area (Å²) in [5.74, 6) is 0.726. The van der Waals surface area contributed by atoms with Crippen molar-refractivity contribution in [2.24, 2.45) is 5.92 Å². The zero-order valence-corrected chi connectivity index (χ0v) is 11.9. The molecule has 0 N–H and O–H groups in total. The monoisotopic (exact) mass is 280 g/mol. The molecular weight excluding hydrogens is 260 g/mol. The van der Waals surface area contributed by atoms with E-state index in [2.05, 4.69) is 48.0 Å². The molecular formula is C15H21Br. The number of alkyl halides is 1. The van der Waals surface area contributed by atoms with Gasteiger partial charge in [-0.15, -0.1) is 0 Å². The van der Waals surface area contributed by atoms with Crippen molar-refractivity contribution < 1.29 is 0 Å². The molecule has 0 nitrogen and oxygen atoms in total. The van der Waals surface area contributed by atoms with Crippen LogP contribution in [-0.2, 0) is 19.3 Å². The molecule has 0 bridgehead atoms. The first kappa shape index (κ1) is 12.2. The predicted octanol–water partition coefficient (Wildman–Crippen LogP) is 4.53. The van der Waals surface area contributed by atoms with E-state index in [0.717, 1.165) is 5.92 Å². The van der Waals surface area contributed by atoms with E-state index in [4.69, 9.17) is 0 Å². The number of fused-ring (bicyclic) bond motifs is 1. The van der Waals surface area contributed by atoms with E-state index in [9.17, 15) is 0 Å². The fourth-order valence-corrected chi connectivity index (χ4v) is 2.84. The van der Waals surface area contributed by atoms with Crippen LogP contribution in [0, 0.1) is 5.92 Å². The van der Waals surface area contributed by atoms with Crippen LogP contribution in [0.3, 0.4) is 0 Å². The lowest BCUT2D eigenvalue weighted by Gasteiger charge is -2.17. The maximum absolute atomic E-state index is 3.76. The van der Waals surface area contributed by atoms with Gasteiger partial charge in [-0.2, -0.15) is 0 Å². The molecule has 0 aromatic heterocycles. The predicted molar refractivity (Wildman–Crippen MR) is 74.3 cm³/mol. The minimum atomic E-state index is 0.653. The highest BCUT2D eigenvalue weighted by molar-refractivity contribution is 9.09. The van der Waals surface area contributed by atoms with Gasteiger partial charge in [-0.25, -0.2) is 0 Å². The van der Waals surface area contributed by atoms with E-state index in [1.165, 1.54) is 37.7 Å². The number of halogens is 1. The summed E-state index contributed by atoms with van der Waals surface area (Å²) in [7, 11) is 0. The first-order valence-corrected chi connectivity index (χ1v) is 7.37. The molecule has 2 unspecified atom stereocenters. The molecule has 2 atom stereocenters. The van der Waals surface area contributed by atoms with Crippen LogP contribution in [0.2, 0.25) is 0 Å². The summed E-state index contributed by atoms with van der Waals surface area (Å²) >= 11 is 3.76. The average molecular weight is 281 g/mol. The van der Waals surface area contributed by atoms with Gasteiger partial charge in [-0.3, -0.25) is 0 Å². The van der Waals surface area contributed by atoms with E-state index >= 15 is 0 Å². The first-order valence-electron chi connectivity index (χ1n) is 6.45. The van der Waals surface area contributed by atoms with Gasteiger partial charge in [-0.05, 0) is 54.7 Å². The highest BCUT2D eigenvalue weighted by atomic mass is 79.9. The minimum absolute atomic E-state index is 0.653. The van der Waals surface area contributed by atoms with Gasteiger partial charge in [0.15, 0.2) is 0 Å². The van der Waals surface area contributed by atoms with E-state index in [0.29, 0.717) is 4.83 Å². The number of benzene rings is 1. The Hall–Kier alpha value is -0.300. The molecule has 0 aliphatic heterocycles. The molecule has 88 valence electrons. The second kappa shape index (κ2) is 5.35. The van der Waals surface area contributed by atoms with Crippen molar-refractivity contribution in [1.82, 2.24) is 0 Å². The molecule has 2 rings (SSSR count). The Bertz CT molecular complexity index is 356. The molecule has 0 heterocycles. The van der Waals surface area contributed by atoms with Crippen molar-refractivity contribution in [2.75, 3.05) is 0 Å². The van der Waals surface area contributed by atoms with E-state index < -0.39 is 0 Å². The average Bonchev–Trinajstić information content (AvgIpc) is 2.75. The van der Waals surface area contributed by atoms with Crippen molar-refractivity contribution in [3.05, 3.63) is 34.9 Å². The van der Waals surface area contributed by atoms with Crippen LogP contribution in [0.25, 0.3) is 0 Å². The largest absolute Gasteiger partial charge is 0.0888 e. The van der Waals surface area contributed by atoms with E-state index in [-0.39, 0.29) is 0 Å². The number of aryl methyl sites for hydroxylation is 2. The number of rotatable bonds is 4. The second-order valence-corrected chi connectivity index (χ2v) is 6.24. The summed E-state index contributed by atoms with van der Waals surface area (Å²) in [6.07, 6.45) is 6.36. The Morgan fingerprint density at radius 1 is 1.25 bits per heavy atom. The zero-order chi connectivity index (χ0) is 11.5. The summed E-state index contributed by atoms with van der Waals surface area (Å²) in [5.41, 5.74) is 4.71. The molecule has 0 saturated carbocycles. The van der Waals surface area contributed by atoms with Crippen LogP contribution in [0.1, 0.15) is 43.4 Å². The Kier molecular flexibility index (Phi) is 4.07. The normalized spacial score (nSPS) is 18.2. The van der Waals surface area contributed by atoms with Crippen LogP contribution in [0.15, 0.2) is 18.2 Å². The number of hydrogen-bond donors (Lipinski definition) is 0. The molecule has 1 aromatic carbocycles. The molecule has 1 aliphatic carbocycles. The van der Waals surface area contributed by atoms with Gasteiger partial charge in [0, 0.05) is 4.83 Å². The Labute approximate surface area is 108 Å². The SMILES string of the molecule is CCC(Br)C(C)Cc1ccc2c(c1)CCC2. The summed E-state index contributed by atoms with van der Waals surface area (Å²) in [6, 6.07) is 7.11. The lowest BCUT2D eigenvalue weighted by atomic mass is 9.95. The molecule has 0 amide bonds. The van der Waals surface area contributed by atoms with Crippen molar-refractivity contribution in [3.8, 4) is 0 Å². The zero-order valence-electron chi connectivity index (χ0n) is 10.3. The summed E-state index contributed by atoms with van der Waals surface area (Å²) < 4.78 is 0. The van der Waals surface area contributed by atoms with Crippen molar-refractivity contribution >= 4 is 15.9 Å². The first-order chi connectivity index (χ1) is 7.70. The Morgan fingerprint density at radius 2 is 2.00 bits per heavy atom. The van der Waals surface area contributed by atoms with Crippen molar-refractivity contribution in [3.63, 3.8) is 0 Å². The van der Waals surface area contributed by atoms with Crippen LogP contribution >= 0.6 is 15.9 Å². The smallest absolute Gasteiger partial charge is 0.0172 e. The molecule has 0 saturated heterocycles. The summed E-state index contributed by atoms with van der Waals surface area (Å²) in [6.45, 7) is 4.59.